The SMILES string of the molecule is NCCC(=O)Nc1ccc(CC(=O)O)nc1. The Morgan fingerprint density at radius 3 is 2.69 bits per heavy atom. The van der Waals surface area contributed by atoms with E-state index in [0.29, 0.717) is 11.4 Å². The van der Waals surface area contributed by atoms with Gasteiger partial charge in [-0.3, -0.25) is 14.6 Å². The van der Waals surface area contributed by atoms with Crippen molar-refractivity contribution in [2.24, 2.45) is 5.73 Å². The lowest BCUT2D eigenvalue weighted by Gasteiger charge is -2.04. The van der Waals surface area contributed by atoms with Crippen LogP contribution in [-0.2, 0) is 16.0 Å². The zero-order chi connectivity index (χ0) is 12.0. The van der Waals surface area contributed by atoms with Crippen LogP contribution >= 0.6 is 0 Å². The van der Waals surface area contributed by atoms with Crippen LogP contribution < -0.4 is 11.1 Å². The fraction of sp³-hybridized carbons (Fsp3) is 0.300. The van der Waals surface area contributed by atoms with E-state index in [1.165, 1.54) is 6.20 Å². The van der Waals surface area contributed by atoms with E-state index in [-0.39, 0.29) is 25.3 Å². The minimum Gasteiger partial charge on any atom is -0.481 e. The number of carbonyl (C=O) groups is 2. The Morgan fingerprint density at radius 1 is 1.44 bits per heavy atom. The van der Waals surface area contributed by atoms with E-state index in [1.54, 1.807) is 12.1 Å². The molecule has 6 heteroatoms. The Bertz CT molecular complexity index is 375. The minimum atomic E-state index is -0.938. The number of aliphatic carboxylic acids is 1. The Labute approximate surface area is 92.5 Å². The summed E-state index contributed by atoms with van der Waals surface area (Å²) in [6, 6.07) is 3.17. The van der Waals surface area contributed by atoms with Crippen LogP contribution in [0.5, 0.6) is 0 Å². The van der Waals surface area contributed by atoms with E-state index >= 15 is 0 Å². The number of hydrogen-bond donors (Lipinski definition) is 3. The van der Waals surface area contributed by atoms with Crippen LogP contribution in [0.3, 0.4) is 0 Å². The van der Waals surface area contributed by atoms with Crippen molar-refractivity contribution in [1.82, 2.24) is 4.98 Å². The van der Waals surface area contributed by atoms with Crippen molar-refractivity contribution in [2.75, 3.05) is 11.9 Å². The Kier molecular flexibility index (Phi) is 4.41. The molecule has 1 rings (SSSR count). The highest BCUT2D eigenvalue weighted by atomic mass is 16.4. The van der Waals surface area contributed by atoms with Crippen molar-refractivity contribution < 1.29 is 14.7 Å². The maximum absolute atomic E-state index is 11.2. The maximum atomic E-state index is 11.2. The highest BCUT2D eigenvalue weighted by molar-refractivity contribution is 5.90. The van der Waals surface area contributed by atoms with E-state index in [4.69, 9.17) is 10.8 Å². The molecule has 0 aliphatic rings. The average molecular weight is 223 g/mol. The van der Waals surface area contributed by atoms with E-state index in [9.17, 15) is 9.59 Å². The number of nitrogens with two attached hydrogens (primary N) is 1. The van der Waals surface area contributed by atoms with Crippen molar-refractivity contribution >= 4 is 17.6 Å². The van der Waals surface area contributed by atoms with Gasteiger partial charge in [-0.25, -0.2) is 0 Å². The van der Waals surface area contributed by atoms with Crippen molar-refractivity contribution in [3.05, 3.63) is 24.0 Å². The third-order valence-corrected chi connectivity index (χ3v) is 1.81. The second-order valence-electron chi connectivity index (χ2n) is 3.20. The van der Waals surface area contributed by atoms with Crippen LogP contribution in [0.15, 0.2) is 18.3 Å². The van der Waals surface area contributed by atoms with Gasteiger partial charge in [-0.1, -0.05) is 0 Å². The molecule has 0 saturated heterocycles. The van der Waals surface area contributed by atoms with E-state index in [2.05, 4.69) is 10.3 Å². The molecule has 0 saturated carbocycles. The quantitative estimate of drug-likeness (QED) is 0.651. The second-order valence-corrected chi connectivity index (χ2v) is 3.20. The third-order valence-electron chi connectivity index (χ3n) is 1.81. The molecule has 1 heterocycles. The summed E-state index contributed by atoms with van der Waals surface area (Å²) in [5.41, 5.74) is 6.20. The van der Waals surface area contributed by atoms with Crippen LogP contribution in [0.4, 0.5) is 5.69 Å². The first-order chi connectivity index (χ1) is 7.61. The first-order valence-electron chi connectivity index (χ1n) is 4.78. The van der Waals surface area contributed by atoms with E-state index in [1.807, 2.05) is 0 Å². The summed E-state index contributed by atoms with van der Waals surface area (Å²) in [4.78, 5) is 25.5. The summed E-state index contributed by atoms with van der Waals surface area (Å²) in [7, 11) is 0. The molecule has 1 aromatic heterocycles. The van der Waals surface area contributed by atoms with Gasteiger partial charge >= 0.3 is 5.97 Å². The van der Waals surface area contributed by atoms with Gasteiger partial charge in [0, 0.05) is 13.0 Å². The van der Waals surface area contributed by atoms with Crippen molar-refractivity contribution in [2.45, 2.75) is 12.8 Å². The monoisotopic (exact) mass is 223 g/mol. The van der Waals surface area contributed by atoms with Gasteiger partial charge in [0.15, 0.2) is 0 Å². The number of pyridine rings is 1. The number of anilines is 1. The van der Waals surface area contributed by atoms with Crippen molar-refractivity contribution in [3.8, 4) is 0 Å². The predicted molar refractivity (Wildman–Crippen MR) is 57.9 cm³/mol. The molecule has 0 spiro atoms. The zero-order valence-electron chi connectivity index (χ0n) is 8.64. The summed E-state index contributed by atoms with van der Waals surface area (Å²) >= 11 is 0. The molecule has 0 radical (unpaired) electrons. The van der Waals surface area contributed by atoms with Crippen LogP contribution in [0.1, 0.15) is 12.1 Å². The van der Waals surface area contributed by atoms with Gasteiger partial charge in [0.25, 0.3) is 0 Å². The van der Waals surface area contributed by atoms with Gasteiger partial charge in [-0.2, -0.15) is 0 Å². The smallest absolute Gasteiger partial charge is 0.309 e. The average Bonchev–Trinajstić information content (AvgIpc) is 2.20. The van der Waals surface area contributed by atoms with E-state index < -0.39 is 5.97 Å². The molecule has 16 heavy (non-hydrogen) atoms. The summed E-state index contributed by atoms with van der Waals surface area (Å²) in [5.74, 6) is -1.12. The van der Waals surface area contributed by atoms with Crippen LogP contribution in [0.2, 0.25) is 0 Å². The van der Waals surface area contributed by atoms with Crippen LogP contribution in [0, 0.1) is 0 Å². The number of rotatable bonds is 5. The number of nitrogens with zero attached hydrogens (tertiary/aromatic N) is 1. The van der Waals surface area contributed by atoms with Gasteiger partial charge < -0.3 is 16.2 Å². The lowest BCUT2D eigenvalue weighted by molar-refractivity contribution is -0.136. The molecule has 1 amide bonds. The lowest BCUT2D eigenvalue weighted by atomic mass is 10.2. The summed E-state index contributed by atoms with van der Waals surface area (Å²) in [6.45, 7) is 0.288. The molecule has 0 fully saturated rings. The predicted octanol–water partition coefficient (Wildman–Crippen LogP) is -0.00400. The first kappa shape index (κ1) is 12.1. The largest absolute Gasteiger partial charge is 0.481 e. The van der Waals surface area contributed by atoms with Crippen LogP contribution in [-0.4, -0.2) is 28.5 Å². The molecule has 0 unspecified atom stereocenters. The zero-order valence-corrected chi connectivity index (χ0v) is 8.64. The Balaban J connectivity index is 2.57. The number of carbonyl (C=O) groups excluding carboxylic acids is 1. The number of nitrogens with one attached hydrogen (secondary N) is 1. The fourth-order valence-corrected chi connectivity index (χ4v) is 1.11. The Morgan fingerprint density at radius 2 is 2.19 bits per heavy atom. The lowest BCUT2D eigenvalue weighted by Crippen LogP contribution is -2.16. The van der Waals surface area contributed by atoms with Gasteiger partial charge in [-0.05, 0) is 12.1 Å². The molecule has 0 bridgehead atoms. The summed E-state index contributed by atoms with van der Waals surface area (Å²) in [5, 5.41) is 11.1. The van der Waals surface area contributed by atoms with Crippen molar-refractivity contribution in [1.29, 1.82) is 0 Å². The maximum Gasteiger partial charge on any atom is 0.309 e. The topological polar surface area (TPSA) is 105 Å². The number of carboxylic acid groups (broad SMARTS) is 1. The van der Waals surface area contributed by atoms with Gasteiger partial charge in [0.2, 0.25) is 5.91 Å². The number of hydrogen-bond acceptors (Lipinski definition) is 4. The normalized spacial score (nSPS) is 9.81. The van der Waals surface area contributed by atoms with Gasteiger partial charge in [0.1, 0.15) is 0 Å². The number of aromatic nitrogens is 1. The number of amides is 1. The molecule has 0 aliphatic carbocycles. The molecular formula is C10H13N3O3. The minimum absolute atomic E-state index is 0.128. The van der Waals surface area contributed by atoms with Gasteiger partial charge in [0.05, 0.1) is 24.0 Å². The summed E-state index contributed by atoms with van der Waals surface area (Å²) in [6.07, 6.45) is 1.54. The van der Waals surface area contributed by atoms with Crippen LogP contribution in [0.25, 0.3) is 0 Å². The molecule has 1 aromatic rings. The second kappa shape index (κ2) is 5.82. The third kappa shape index (κ3) is 4.05. The molecule has 86 valence electrons. The first-order valence-corrected chi connectivity index (χ1v) is 4.78. The molecule has 0 aliphatic heterocycles. The van der Waals surface area contributed by atoms with Crippen molar-refractivity contribution in [3.63, 3.8) is 0 Å². The molecular weight excluding hydrogens is 210 g/mol. The molecule has 4 N–H and O–H groups in total. The number of carboxylic acids is 1. The fourth-order valence-electron chi connectivity index (χ4n) is 1.11. The van der Waals surface area contributed by atoms with E-state index in [0.717, 1.165) is 0 Å². The molecule has 0 aromatic carbocycles. The molecule has 6 nitrogen and oxygen atoms in total. The summed E-state index contributed by atoms with van der Waals surface area (Å²) < 4.78 is 0. The standard InChI is InChI=1S/C10H13N3O3/c11-4-3-9(14)13-8-2-1-7(12-6-8)5-10(15)16/h1-2,6H,3-5,11H2,(H,13,14)(H,15,16). The Hall–Kier alpha value is -1.95. The molecule has 0 atom stereocenters. The highest BCUT2D eigenvalue weighted by Gasteiger charge is 2.03. The van der Waals surface area contributed by atoms with Gasteiger partial charge in [-0.15, -0.1) is 0 Å². The highest BCUT2D eigenvalue weighted by Crippen LogP contribution is 2.06.